The monoisotopic (exact) mass is 155 g/mol. The first-order chi connectivity index (χ1) is 5.20. The Bertz CT molecular complexity index is 150. The molecule has 0 atom stereocenters. The fraction of sp³-hybridized carbons (Fsp3) is 0.667. The SMILES string of the molecule is CCCCC(=CC(C)=O)NC. The van der Waals surface area contributed by atoms with Crippen molar-refractivity contribution in [2.75, 3.05) is 7.05 Å². The first-order valence-corrected chi connectivity index (χ1v) is 4.09. The highest BCUT2D eigenvalue weighted by atomic mass is 16.1. The van der Waals surface area contributed by atoms with Gasteiger partial charge in [0.25, 0.3) is 0 Å². The number of hydrogen-bond acceptors (Lipinski definition) is 2. The fourth-order valence-electron chi connectivity index (χ4n) is 0.882. The lowest BCUT2D eigenvalue weighted by atomic mass is 10.2. The van der Waals surface area contributed by atoms with Crippen LogP contribution in [0.2, 0.25) is 0 Å². The van der Waals surface area contributed by atoms with Crippen LogP contribution in [0.1, 0.15) is 33.1 Å². The Morgan fingerprint density at radius 2 is 2.18 bits per heavy atom. The van der Waals surface area contributed by atoms with Crippen LogP contribution in [0, 0.1) is 0 Å². The molecule has 2 nitrogen and oxygen atoms in total. The van der Waals surface area contributed by atoms with Crippen LogP contribution in [0.4, 0.5) is 0 Å². The van der Waals surface area contributed by atoms with E-state index in [2.05, 4.69) is 12.2 Å². The van der Waals surface area contributed by atoms with Gasteiger partial charge in [0, 0.05) is 12.7 Å². The minimum absolute atomic E-state index is 0.116. The zero-order valence-corrected chi connectivity index (χ0v) is 7.61. The maximum atomic E-state index is 10.7. The zero-order chi connectivity index (χ0) is 8.69. The Hall–Kier alpha value is -0.790. The Balaban J connectivity index is 3.84. The van der Waals surface area contributed by atoms with Gasteiger partial charge in [0.1, 0.15) is 0 Å². The minimum atomic E-state index is 0.116. The Morgan fingerprint density at radius 3 is 2.55 bits per heavy atom. The van der Waals surface area contributed by atoms with Gasteiger partial charge in [-0.2, -0.15) is 0 Å². The predicted octanol–water partition coefficient (Wildman–Crippen LogP) is 1.87. The van der Waals surface area contributed by atoms with Crippen LogP contribution >= 0.6 is 0 Å². The van der Waals surface area contributed by atoms with E-state index in [0.29, 0.717) is 0 Å². The van der Waals surface area contributed by atoms with Crippen molar-refractivity contribution in [2.24, 2.45) is 0 Å². The number of rotatable bonds is 5. The van der Waals surface area contributed by atoms with E-state index in [-0.39, 0.29) is 5.78 Å². The third-order valence-corrected chi connectivity index (χ3v) is 1.50. The lowest BCUT2D eigenvalue weighted by molar-refractivity contribution is -0.112. The Labute approximate surface area is 68.7 Å². The average molecular weight is 155 g/mol. The standard InChI is InChI=1S/C9H17NO/c1-4-5-6-9(10-3)7-8(2)11/h7,10H,4-6H2,1-3H3. The van der Waals surface area contributed by atoms with Gasteiger partial charge in [0.2, 0.25) is 0 Å². The molecule has 0 aromatic carbocycles. The number of unbranched alkanes of at least 4 members (excludes halogenated alkanes) is 1. The summed E-state index contributed by atoms with van der Waals surface area (Å²) in [5, 5.41) is 3.01. The summed E-state index contributed by atoms with van der Waals surface area (Å²) < 4.78 is 0. The number of hydrogen-bond donors (Lipinski definition) is 1. The van der Waals surface area contributed by atoms with Crippen molar-refractivity contribution in [1.29, 1.82) is 0 Å². The molecule has 0 aromatic rings. The Kier molecular flexibility index (Phi) is 5.53. The van der Waals surface area contributed by atoms with E-state index in [0.717, 1.165) is 25.0 Å². The van der Waals surface area contributed by atoms with E-state index < -0.39 is 0 Å². The molecular weight excluding hydrogens is 138 g/mol. The number of carbonyl (C=O) groups excluding carboxylic acids is 1. The van der Waals surface area contributed by atoms with E-state index in [4.69, 9.17) is 0 Å². The normalized spacial score (nSPS) is 11.4. The first kappa shape index (κ1) is 10.2. The van der Waals surface area contributed by atoms with Crippen LogP contribution in [0.5, 0.6) is 0 Å². The van der Waals surface area contributed by atoms with Crippen LogP contribution in [-0.2, 0) is 4.79 Å². The maximum absolute atomic E-state index is 10.7. The van der Waals surface area contributed by atoms with Crippen LogP contribution in [0.15, 0.2) is 11.8 Å². The van der Waals surface area contributed by atoms with Gasteiger partial charge in [0.05, 0.1) is 0 Å². The summed E-state index contributed by atoms with van der Waals surface area (Å²) in [5.74, 6) is 0.116. The van der Waals surface area contributed by atoms with E-state index in [1.807, 2.05) is 7.05 Å². The highest BCUT2D eigenvalue weighted by Crippen LogP contribution is 2.02. The second kappa shape index (κ2) is 5.96. The summed E-state index contributed by atoms with van der Waals surface area (Å²) in [6, 6.07) is 0. The molecule has 0 bridgehead atoms. The van der Waals surface area contributed by atoms with E-state index in [1.54, 1.807) is 13.0 Å². The number of carbonyl (C=O) groups is 1. The average Bonchev–Trinajstić information content (AvgIpc) is 1.97. The molecule has 64 valence electrons. The van der Waals surface area contributed by atoms with Crippen LogP contribution in [0.25, 0.3) is 0 Å². The second-order valence-corrected chi connectivity index (χ2v) is 2.63. The molecule has 2 heteroatoms. The Morgan fingerprint density at radius 1 is 1.55 bits per heavy atom. The van der Waals surface area contributed by atoms with Gasteiger partial charge in [0.15, 0.2) is 5.78 Å². The molecule has 0 spiro atoms. The van der Waals surface area contributed by atoms with Gasteiger partial charge in [-0.3, -0.25) is 4.79 Å². The van der Waals surface area contributed by atoms with Crippen molar-refractivity contribution in [1.82, 2.24) is 5.32 Å². The molecule has 0 heterocycles. The molecule has 0 fully saturated rings. The van der Waals surface area contributed by atoms with Gasteiger partial charge >= 0.3 is 0 Å². The number of allylic oxidation sites excluding steroid dienone is 2. The van der Waals surface area contributed by atoms with Crippen molar-refractivity contribution < 1.29 is 4.79 Å². The highest BCUT2D eigenvalue weighted by Gasteiger charge is 1.94. The summed E-state index contributed by atoms with van der Waals surface area (Å²) in [7, 11) is 1.85. The molecule has 0 unspecified atom stereocenters. The van der Waals surface area contributed by atoms with Crippen molar-refractivity contribution in [3.05, 3.63) is 11.8 Å². The third kappa shape index (κ3) is 5.64. The molecular formula is C9H17NO. The summed E-state index contributed by atoms with van der Waals surface area (Å²) >= 11 is 0. The highest BCUT2D eigenvalue weighted by molar-refractivity contribution is 5.87. The van der Waals surface area contributed by atoms with E-state index >= 15 is 0 Å². The smallest absolute Gasteiger partial charge is 0.154 e. The van der Waals surface area contributed by atoms with Gasteiger partial charge in [-0.1, -0.05) is 13.3 Å². The summed E-state index contributed by atoms with van der Waals surface area (Å²) in [6.07, 6.45) is 4.94. The summed E-state index contributed by atoms with van der Waals surface area (Å²) in [6.45, 7) is 3.71. The third-order valence-electron chi connectivity index (χ3n) is 1.50. The predicted molar refractivity (Wildman–Crippen MR) is 47.3 cm³/mol. The molecule has 0 aliphatic carbocycles. The zero-order valence-electron chi connectivity index (χ0n) is 7.61. The first-order valence-electron chi connectivity index (χ1n) is 4.09. The molecule has 0 saturated heterocycles. The van der Waals surface area contributed by atoms with Crippen LogP contribution in [0.3, 0.4) is 0 Å². The van der Waals surface area contributed by atoms with Crippen molar-refractivity contribution >= 4 is 5.78 Å². The summed E-state index contributed by atoms with van der Waals surface area (Å²) in [5.41, 5.74) is 1.04. The van der Waals surface area contributed by atoms with Crippen molar-refractivity contribution in [3.8, 4) is 0 Å². The molecule has 0 rings (SSSR count). The van der Waals surface area contributed by atoms with Crippen LogP contribution in [-0.4, -0.2) is 12.8 Å². The topological polar surface area (TPSA) is 29.1 Å². The molecule has 11 heavy (non-hydrogen) atoms. The molecule has 0 aromatic heterocycles. The lowest BCUT2D eigenvalue weighted by Gasteiger charge is -2.03. The lowest BCUT2D eigenvalue weighted by Crippen LogP contribution is -2.07. The van der Waals surface area contributed by atoms with Gasteiger partial charge in [-0.05, 0) is 25.8 Å². The number of ketones is 1. The van der Waals surface area contributed by atoms with E-state index in [9.17, 15) is 4.79 Å². The van der Waals surface area contributed by atoms with E-state index in [1.165, 1.54) is 0 Å². The molecule has 0 amide bonds. The molecule has 1 N–H and O–H groups in total. The van der Waals surface area contributed by atoms with Crippen molar-refractivity contribution in [3.63, 3.8) is 0 Å². The number of nitrogens with one attached hydrogen (secondary N) is 1. The second-order valence-electron chi connectivity index (χ2n) is 2.63. The fourth-order valence-corrected chi connectivity index (χ4v) is 0.882. The molecule has 0 aliphatic rings. The molecule has 0 aliphatic heterocycles. The minimum Gasteiger partial charge on any atom is -0.391 e. The van der Waals surface area contributed by atoms with Gasteiger partial charge in [-0.25, -0.2) is 0 Å². The molecule has 0 saturated carbocycles. The largest absolute Gasteiger partial charge is 0.391 e. The van der Waals surface area contributed by atoms with Crippen LogP contribution < -0.4 is 5.32 Å². The van der Waals surface area contributed by atoms with Crippen molar-refractivity contribution in [2.45, 2.75) is 33.1 Å². The molecule has 0 radical (unpaired) electrons. The van der Waals surface area contributed by atoms with Gasteiger partial charge in [-0.15, -0.1) is 0 Å². The summed E-state index contributed by atoms with van der Waals surface area (Å²) in [4.78, 5) is 10.7. The quantitative estimate of drug-likeness (QED) is 0.614. The van der Waals surface area contributed by atoms with Gasteiger partial charge < -0.3 is 5.32 Å². The maximum Gasteiger partial charge on any atom is 0.154 e.